The number of carbonyl (C=O) groups excluding carboxylic acids is 1. The molecule has 0 aromatic heterocycles. The molecule has 0 spiro atoms. The summed E-state index contributed by atoms with van der Waals surface area (Å²) in [5, 5.41) is 2.95. The van der Waals surface area contributed by atoms with Gasteiger partial charge in [-0.15, -0.1) is 0 Å². The molecule has 0 unspecified atom stereocenters. The molecule has 3 nitrogen and oxygen atoms in total. The van der Waals surface area contributed by atoms with Gasteiger partial charge in [0, 0.05) is 9.79 Å². The van der Waals surface area contributed by atoms with E-state index in [9.17, 15) is 4.79 Å². The van der Waals surface area contributed by atoms with Gasteiger partial charge in [0.2, 0.25) is 0 Å². The second kappa shape index (κ2) is 8.98. The summed E-state index contributed by atoms with van der Waals surface area (Å²) in [6.45, 7) is 6.48. The highest BCUT2D eigenvalue weighted by molar-refractivity contribution is 7.99. The summed E-state index contributed by atoms with van der Waals surface area (Å²) in [4.78, 5) is 14.5. The molecule has 0 saturated carbocycles. The van der Waals surface area contributed by atoms with Gasteiger partial charge in [0.15, 0.2) is 6.61 Å². The molecule has 1 amide bonds. The summed E-state index contributed by atoms with van der Waals surface area (Å²) in [6.07, 6.45) is 0. The van der Waals surface area contributed by atoms with Crippen molar-refractivity contribution >= 4 is 23.4 Å². The molecule has 144 valence electrons. The maximum atomic E-state index is 12.4. The van der Waals surface area contributed by atoms with Crippen LogP contribution in [0.4, 0.5) is 5.69 Å². The summed E-state index contributed by atoms with van der Waals surface area (Å²) in [6, 6.07) is 25.8. The first kappa shape index (κ1) is 20.0. The van der Waals surface area contributed by atoms with Crippen LogP contribution in [0.3, 0.4) is 0 Å². The van der Waals surface area contributed by atoms with Crippen molar-refractivity contribution in [2.24, 2.45) is 0 Å². The third-order valence-electron chi connectivity index (χ3n) is 4.22. The Morgan fingerprint density at radius 1 is 0.893 bits per heavy atom. The minimum Gasteiger partial charge on any atom is -0.484 e. The number of rotatable bonds is 6. The van der Waals surface area contributed by atoms with E-state index in [2.05, 4.69) is 26.1 Å². The Morgan fingerprint density at radius 3 is 2.21 bits per heavy atom. The van der Waals surface area contributed by atoms with Gasteiger partial charge in [0.05, 0.1) is 5.69 Å². The van der Waals surface area contributed by atoms with Gasteiger partial charge in [0.25, 0.3) is 5.91 Å². The van der Waals surface area contributed by atoms with Crippen LogP contribution in [0.25, 0.3) is 0 Å². The van der Waals surface area contributed by atoms with Crippen LogP contribution in [-0.2, 0) is 10.2 Å². The molecule has 0 saturated heterocycles. The van der Waals surface area contributed by atoms with E-state index in [0.29, 0.717) is 5.75 Å². The van der Waals surface area contributed by atoms with Crippen molar-refractivity contribution in [3.8, 4) is 5.75 Å². The lowest BCUT2D eigenvalue weighted by Crippen LogP contribution is -2.20. The van der Waals surface area contributed by atoms with Gasteiger partial charge in [-0.3, -0.25) is 4.79 Å². The fraction of sp³-hybridized carbons (Fsp3) is 0.208. The van der Waals surface area contributed by atoms with E-state index in [1.165, 1.54) is 5.56 Å². The number of hydrogen-bond donors (Lipinski definition) is 1. The Kier molecular flexibility index (Phi) is 6.42. The van der Waals surface area contributed by atoms with Gasteiger partial charge in [-0.05, 0) is 47.4 Å². The van der Waals surface area contributed by atoms with Crippen LogP contribution in [-0.4, -0.2) is 12.5 Å². The number of para-hydroxylation sites is 1. The van der Waals surface area contributed by atoms with Gasteiger partial charge >= 0.3 is 0 Å². The van der Waals surface area contributed by atoms with Crippen LogP contribution >= 0.6 is 11.8 Å². The molecule has 3 rings (SSSR count). The average Bonchev–Trinajstić information content (AvgIpc) is 2.68. The standard InChI is InChI=1S/C24H25NO2S/c1-24(2,3)18-13-15-19(16-14-18)27-17-23(26)25-21-11-7-8-12-22(21)28-20-9-5-4-6-10-20/h4-16H,17H2,1-3H3,(H,25,26). The minimum atomic E-state index is -0.180. The zero-order valence-corrected chi connectivity index (χ0v) is 17.3. The van der Waals surface area contributed by atoms with E-state index in [0.717, 1.165) is 15.5 Å². The third kappa shape index (κ3) is 5.64. The Morgan fingerprint density at radius 2 is 1.54 bits per heavy atom. The SMILES string of the molecule is CC(C)(C)c1ccc(OCC(=O)Nc2ccccc2Sc2ccccc2)cc1. The highest BCUT2D eigenvalue weighted by Crippen LogP contribution is 2.33. The molecule has 0 fully saturated rings. The third-order valence-corrected chi connectivity index (χ3v) is 5.31. The molecule has 0 radical (unpaired) electrons. The molecule has 3 aromatic rings. The van der Waals surface area contributed by atoms with Crippen LogP contribution < -0.4 is 10.1 Å². The average molecular weight is 392 g/mol. The van der Waals surface area contributed by atoms with Crippen molar-refractivity contribution in [3.05, 3.63) is 84.4 Å². The number of nitrogens with one attached hydrogen (secondary N) is 1. The highest BCUT2D eigenvalue weighted by Gasteiger charge is 2.13. The van der Waals surface area contributed by atoms with Crippen LogP contribution in [0.1, 0.15) is 26.3 Å². The lowest BCUT2D eigenvalue weighted by Gasteiger charge is -2.19. The Balaban J connectivity index is 1.59. The quantitative estimate of drug-likeness (QED) is 0.547. The summed E-state index contributed by atoms with van der Waals surface area (Å²) in [5.74, 6) is 0.510. The normalized spacial score (nSPS) is 11.1. The monoisotopic (exact) mass is 391 g/mol. The Labute approximate surface area is 171 Å². The lowest BCUT2D eigenvalue weighted by atomic mass is 9.87. The van der Waals surface area contributed by atoms with Crippen LogP contribution in [0.15, 0.2) is 88.7 Å². The van der Waals surface area contributed by atoms with E-state index < -0.39 is 0 Å². The first-order valence-corrected chi connectivity index (χ1v) is 10.1. The van der Waals surface area contributed by atoms with Crippen molar-refractivity contribution in [2.45, 2.75) is 36.0 Å². The summed E-state index contributed by atoms with van der Waals surface area (Å²) < 4.78 is 5.65. The first-order valence-electron chi connectivity index (χ1n) is 9.27. The van der Waals surface area contributed by atoms with Crippen molar-refractivity contribution < 1.29 is 9.53 Å². The molecule has 4 heteroatoms. The number of carbonyl (C=O) groups is 1. The van der Waals surface area contributed by atoms with Crippen LogP contribution in [0.5, 0.6) is 5.75 Å². The van der Waals surface area contributed by atoms with Gasteiger partial charge in [-0.1, -0.05) is 75.0 Å². The molecule has 0 atom stereocenters. The molecule has 0 aliphatic heterocycles. The van der Waals surface area contributed by atoms with E-state index in [1.54, 1.807) is 11.8 Å². The molecular formula is C24H25NO2S. The number of benzene rings is 3. The van der Waals surface area contributed by atoms with Gasteiger partial charge in [-0.2, -0.15) is 0 Å². The van der Waals surface area contributed by atoms with Crippen molar-refractivity contribution in [1.82, 2.24) is 0 Å². The second-order valence-electron chi connectivity index (χ2n) is 7.52. The molecule has 1 N–H and O–H groups in total. The van der Waals surface area contributed by atoms with E-state index in [4.69, 9.17) is 4.74 Å². The van der Waals surface area contributed by atoms with Crippen molar-refractivity contribution in [3.63, 3.8) is 0 Å². The highest BCUT2D eigenvalue weighted by atomic mass is 32.2. The first-order chi connectivity index (χ1) is 13.4. The molecule has 3 aromatic carbocycles. The Bertz CT molecular complexity index is 915. The molecule has 0 heterocycles. The van der Waals surface area contributed by atoms with E-state index in [1.807, 2.05) is 78.9 Å². The minimum absolute atomic E-state index is 0.0286. The van der Waals surface area contributed by atoms with Gasteiger partial charge < -0.3 is 10.1 Å². The predicted molar refractivity (Wildman–Crippen MR) is 116 cm³/mol. The molecule has 28 heavy (non-hydrogen) atoms. The maximum absolute atomic E-state index is 12.4. The van der Waals surface area contributed by atoms with Crippen molar-refractivity contribution in [1.29, 1.82) is 0 Å². The lowest BCUT2D eigenvalue weighted by molar-refractivity contribution is -0.118. The van der Waals surface area contributed by atoms with Crippen LogP contribution in [0.2, 0.25) is 0 Å². The number of ether oxygens (including phenoxy) is 1. The largest absolute Gasteiger partial charge is 0.484 e. The molecular weight excluding hydrogens is 366 g/mol. The van der Waals surface area contributed by atoms with Gasteiger partial charge in [-0.25, -0.2) is 0 Å². The second-order valence-corrected chi connectivity index (χ2v) is 8.64. The number of anilines is 1. The van der Waals surface area contributed by atoms with Crippen molar-refractivity contribution in [2.75, 3.05) is 11.9 Å². The van der Waals surface area contributed by atoms with Gasteiger partial charge in [0.1, 0.15) is 5.75 Å². The zero-order chi connectivity index (χ0) is 20.0. The molecule has 0 aliphatic rings. The topological polar surface area (TPSA) is 38.3 Å². The summed E-state index contributed by atoms with van der Waals surface area (Å²) in [5.41, 5.74) is 2.11. The number of hydrogen-bond acceptors (Lipinski definition) is 3. The molecule has 0 aliphatic carbocycles. The zero-order valence-electron chi connectivity index (χ0n) is 16.4. The molecule has 0 bridgehead atoms. The van der Waals surface area contributed by atoms with Crippen LogP contribution in [0, 0.1) is 0 Å². The number of amides is 1. The Hall–Kier alpha value is -2.72. The fourth-order valence-corrected chi connectivity index (χ4v) is 3.58. The predicted octanol–water partition coefficient (Wildman–Crippen LogP) is 6.15. The smallest absolute Gasteiger partial charge is 0.262 e. The van der Waals surface area contributed by atoms with E-state index in [-0.39, 0.29) is 17.9 Å². The fourth-order valence-electron chi connectivity index (χ4n) is 2.66. The summed E-state index contributed by atoms with van der Waals surface area (Å²) >= 11 is 1.62. The summed E-state index contributed by atoms with van der Waals surface area (Å²) in [7, 11) is 0. The maximum Gasteiger partial charge on any atom is 0.262 e. The van der Waals surface area contributed by atoms with E-state index >= 15 is 0 Å².